The summed E-state index contributed by atoms with van der Waals surface area (Å²) in [6.45, 7) is 3.52. The number of H-pyrrole nitrogens is 1. The van der Waals surface area contributed by atoms with Gasteiger partial charge in [0.2, 0.25) is 5.91 Å². The van der Waals surface area contributed by atoms with Crippen LogP contribution in [0.15, 0.2) is 41.4 Å². The van der Waals surface area contributed by atoms with Crippen LogP contribution >= 0.6 is 0 Å². The maximum atomic E-state index is 13.6. The van der Waals surface area contributed by atoms with Gasteiger partial charge in [0.1, 0.15) is 5.82 Å². The van der Waals surface area contributed by atoms with Gasteiger partial charge >= 0.3 is 0 Å². The summed E-state index contributed by atoms with van der Waals surface area (Å²) in [7, 11) is 0. The second-order valence-electron chi connectivity index (χ2n) is 7.49. The summed E-state index contributed by atoms with van der Waals surface area (Å²) in [4.78, 5) is 21.0. The number of primary amides is 1. The molecule has 1 atom stereocenters. The number of aryl methyl sites for hydroxylation is 1. The molecule has 2 aromatic carbocycles. The van der Waals surface area contributed by atoms with Gasteiger partial charge in [-0.3, -0.25) is 9.79 Å². The highest BCUT2D eigenvalue weighted by Gasteiger charge is 2.24. The minimum Gasteiger partial charge on any atom is -0.494 e. The van der Waals surface area contributed by atoms with E-state index in [4.69, 9.17) is 5.73 Å². The predicted molar refractivity (Wildman–Crippen MR) is 112 cm³/mol. The molecule has 7 heteroatoms. The number of aromatic nitrogens is 1. The number of hydrogen-bond donors (Lipinski definition) is 3. The molecule has 4 rings (SSSR count). The number of carbonyl (C=O) groups excluding carboxylic acids is 1. The SMILES string of the molecule is Cc1cc(N=Cc2c(O)[nH]c3ccc(F)cc23)ccc1N1CCCC(C(N)=O)C1. The number of nitrogens with two attached hydrogens (primary N) is 1. The summed E-state index contributed by atoms with van der Waals surface area (Å²) >= 11 is 0. The second kappa shape index (κ2) is 7.58. The molecule has 1 saturated heterocycles. The summed E-state index contributed by atoms with van der Waals surface area (Å²) in [5, 5.41) is 10.7. The topological polar surface area (TPSA) is 94.7 Å². The molecule has 1 aliphatic rings. The monoisotopic (exact) mass is 394 g/mol. The highest BCUT2D eigenvalue weighted by Crippen LogP contribution is 2.30. The van der Waals surface area contributed by atoms with Crippen LogP contribution < -0.4 is 10.6 Å². The Morgan fingerprint density at radius 3 is 2.93 bits per heavy atom. The predicted octanol–water partition coefficient (Wildman–Crippen LogP) is 3.77. The van der Waals surface area contributed by atoms with E-state index in [1.807, 2.05) is 25.1 Å². The Morgan fingerprint density at radius 2 is 2.17 bits per heavy atom. The first-order valence-corrected chi connectivity index (χ1v) is 9.61. The molecule has 0 radical (unpaired) electrons. The fourth-order valence-electron chi connectivity index (χ4n) is 3.94. The van der Waals surface area contributed by atoms with Crippen molar-refractivity contribution in [3.8, 4) is 5.88 Å². The molecule has 2 heterocycles. The lowest BCUT2D eigenvalue weighted by Gasteiger charge is -2.34. The molecule has 1 unspecified atom stereocenters. The largest absolute Gasteiger partial charge is 0.494 e. The molecule has 1 amide bonds. The van der Waals surface area contributed by atoms with Crippen molar-refractivity contribution in [1.29, 1.82) is 0 Å². The van der Waals surface area contributed by atoms with E-state index in [1.54, 1.807) is 6.07 Å². The number of fused-ring (bicyclic) bond motifs is 1. The summed E-state index contributed by atoms with van der Waals surface area (Å²) in [6.07, 6.45) is 3.30. The maximum absolute atomic E-state index is 13.6. The Kier molecular flexibility index (Phi) is 4.96. The molecule has 29 heavy (non-hydrogen) atoms. The molecular weight excluding hydrogens is 371 g/mol. The van der Waals surface area contributed by atoms with Crippen LogP contribution in [0.5, 0.6) is 5.88 Å². The van der Waals surface area contributed by atoms with Crippen molar-refractivity contribution in [2.75, 3.05) is 18.0 Å². The fraction of sp³-hybridized carbons (Fsp3) is 0.273. The molecule has 150 valence electrons. The van der Waals surface area contributed by atoms with E-state index in [-0.39, 0.29) is 23.5 Å². The van der Waals surface area contributed by atoms with Gasteiger partial charge in [-0.05, 0) is 61.7 Å². The van der Waals surface area contributed by atoms with Gasteiger partial charge in [-0.2, -0.15) is 0 Å². The number of carbonyl (C=O) groups is 1. The standard InChI is InChI=1S/C22H23FN4O2/c1-13-9-16(5-7-20(13)27-8-2-3-14(12-27)21(24)28)25-11-18-17-10-15(23)4-6-19(17)26-22(18)29/h4-7,9-11,14,26,29H,2-3,8,12H2,1H3,(H2,24,28). The minimum absolute atomic E-state index is 0.0477. The molecule has 1 fully saturated rings. The zero-order valence-electron chi connectivity index (χ0n) is 16.2. The second-order valence-corrected chi connectivity index (χ2v) is 7.49. The van der Waals surface area contributed by atoms with E-state index < -0.39 is 0 Å². The first kappa shape index (κ1) is 19.0. The summed E-state index contributed by atoms with van der Waals surface area (Å²) < 4.78 is 13.6. The average molecular weight is 394 g/mol. The van der Waals surface area contributed by atoms with Gasteiger partial charge in [-0.25, -0.2) is 4.39 Å². The number of piperidine rings is 1. The number of nitrogens with zero attached hydrogens (tertiary/aromatic N) is 2. The lowest BCUT2D eigenvalue weighted by Crippen LogP contribution is -2.41. The van der Waals surface area contributed by atoms with Crippen molar-refractivity contribution in [2.24, 2.45) is 16.6 Å². The van der Waals surface area contributed by atoms with Gasteiger partial charge in [-0.15, -0.1) is 0 Å². The van der Waals surface area contributed by atoms with Crippen molar-refractivity contribution in [3.05, 3.63) is 53.3 Å². The number of hydrogen-bond acceptors (Lipinski definition) is 4. The lowest BCUT2D eigenvalue weighted by molar-refractivity contribution is -0.122. The highest BCUT2D eigenvalue weighted by atomic mass is 19.1. The molecule has 0 aliphatic carbocycles. The van der Waals surface area contributed by atoms with Crippen molar-refractivity contribution in [2.45, 2.75) is 19.8 Å². The molecule has 1 aromatic heterocycles. The number of anilines is 1. The number of aromatic hydroxyl groups is 1. The molecule has 0 bridgehead atoms. The Morgan fingerprint density at radius 1 is 1.34 bits per heavy atom. The van der Waals surface area contributed by atoms with Gasteiger partial charge in [-0.1, -0.05) is 0 Å². The third-order valence-electron chi connectivity index (χ3n) is 5.47. The van der Waals surface area contributed by atoms with Crippen LogP contribution in [0.2, 0.25) is 0 Å². The van der Waals surface area contributed by atoms with Crippen LogP contribution in [0.3, 0.4) is 0 Å². The zero-order valence-corrected chi connectivity index (χ0v) is 16.2. The van der Waals surface area contributed by atoms with Crippen LogP contribution in [0.4, 0.5) is 15.8 Å². The van der Waals surface area contributed by atoms with Crippen molar-refractivity contribution in [3.63, 3.8) is 0 Å². The quantitative estimate of drug-likeness (QED) is 0.588. The van der Waals surface area contributed by atoms with E-state index in [9.17, 15) is 14.3 Å². The Labute approximate surface area is 167 Å². The van der Waals surface area contributed by atoms with Crippen molar-refractivity contribution in [1.82, 2.24) is 4.98 Å². The smallest absolute Gasteiger partial charge is 0.222 e. The number of benzene rings is 2. The number of aliphatic imine (C=N–C) groups is 1. The first-order valence-electron chi connectivity index (χ1n) is 9.61. The average Bonchev–Trinajstić information content (AvgIpc) is 3.01. The molecule has 0 saturated carbocycles. The molecule has 0 spiro atoms. The van der Waals surface area contributed by atoms with Gasteiger partial charge in [0, 0.05) is 35.9 Å². The summed E-state index contributed by atoms with van der Waals surface area (Å²) in [5.41, 5.74) is 9.40. The van der Waals surface area contributed by atoms with Crippen LogP contribution in [-0.4, -0.2) is 35.3 Å². The van der Waals surface area contributed by atoms with E-state index >= 15 is 0 Å². The molecule has 4 N–H and O–H groups in total. The maximum Gasteiger partial charge on any atom is 0.222 e. The Hall–Kier alpha value is -3.35. The Balaban J connectivity index is 1.58. The highest BCUT2D eigenvalue weighted by molar-refractivity contribution is 6.02. The normalized spacial score (nSPS) is 17.3. The summed E-state index contributed by atoms with van der Waals surface area (Å²) in [5.74, 6) is -0.787. The molecular formula is C22H23FN4O2. The fourth-order valence-corrected chi connectivity index (χ4v) is 3.94. The summed E-state index contributed by atoms with van der Waals surface area (Å²) in [6, 6.07) is 10.1. The molecule has 1 aliphatic heterocycles. The number of nitrogens with one attached hydrogen (secondary N) is 1. The van der Waals surface area contributed by atoms with Gasteiger partial charge < -0.3 is 20.7 Å². The molecule has 6 nitrogen and oxygen atoms in total. The zero-order chi connectivity index (χ0) is 20.5. The number of amides is 1. The first-order chi connectivity index (χ1) is 13.9. The van der Waals surface area contributed by atoms with Gasteiger partial charge in [0.05, 0.1) is 17.2 Å². The van der Waals surface area contributed by atoms with Crippen molar-refractivity contribution < 1.29 is 14.3 Å². The third kappa shape index (κ3) is 3.81. The van der Waals surface area contributed by atoms with Gasteiger partial charge in [0.15, 0.2) is 5.88 Å². The minimum atomic E-state index is -0.373. The number of rotatable bonds is 4. The lowest BCUT2D eigenvalue weighted by atomic mass is 9.96. The van der Waals surface area contributed by atoms with E-state index in [0.717, 1.165) is 36.3 Å². The number of aromatic amines is 1. The van der Waals surface area contributed by atoms with Crippen LogP contribution in [-0.2, 0) is 4.79 Å². The van der Waals surface area contributed by atoms with Gasteiger partial charge in [0.25, 0.3) is 0 Å². The Bertz CT molecular complexity index is 1110. The van der Waals surface area contributed by atoms with Crippen molar-refractivity contribution >= 4 is 34.4 Å². The van der Waals surface area contributed by atoms with Crippen LogP contribution in [0.1, 0.15) is 24.0 Å². The third-order valence-corrected chi connectivity index (χ3v) is 5.47. The van der Waals surface area contributed by atoms with E-state index in [2.05, 4.69) is 14.9 Å². The molecule has 3 aromatic rings. The number of halogens is 1. The van der Waals surface area contributed by atoms with E-state index in [0.29, 0.717) is 23.0 Å². The van der Waals surface area contributed by atoms with Crippen LogP contribution in [0.25, 0.3) is 10.9 Å². The van der Waals surface area contributed by atoms with E-state index in [1.165, 1.54) is 18.3 Å². The van der Waals surface area contributed by atoms with Crippen LogP contribution in [0, 0.1) is 18.7 Å².